The molecule has 47 heavy (non-hydrogen) atoms. The van der Waals surface area contributed by atoms with E-state index in [1.165, 1.54) is 38.6 Å². The standard InChI is InChI=1S/C44H29N3/c1-3-12-30(13-4-1)40-28-35-24-23-34(27-41(35)45-40)37-26-25-29-11-7-8-16-36(29)42(37)31-19-21-32(22-20-31)43-38-17-9-10-18-39(38)46-44(47-43)33-14-5-2-6-15-33/h1-27H,28H2. The van der Waals surface area contributed by atoms with E-state index >= 15 is 0 Å². The van der Waals surface area contributed by atoms with Crippen molar-refractivity contribution in [2.24, 2.45) is 4.99 Å². The molecule has 0 amide bonds. The number of benzene rings is 7. The normalized spacial score (nSPS) is 12.3. The zero-order chi connectivity index (χ0) is 31.2. The lowest BCUT2D eigenvalue weighted by Gasteiger charge is -2.16. The van der Waals surface area contributed by atoms with Gasteiger partial charge in [0.1, 0.15) is 0 Å². The number of rotatable bonds is 5. The molecule has 1 aliphatic rings. The van der Waals surface area contributed by atoms with E-state index in [1.54, 1.807) is 0 Å². The highest BCUT2D eigenvalue weighted by Crippen LogP contribution is 2.42. The molecule has 9 rings (SSSR count). The number of hydrogen-bond acceptors (Lipinski definition) is 3. The van der Waals surface area contributed by atoms with E-state index in [0.29, 0.717) is 0 Å². The van der Waals surface area contributed by atoms with Gasteiger partial charge in [-0.1, -0.05) is 152 Å². The average molecular weight is 600 g/mol. The maximum Gasteiger partial charge on any atom is 0.160 e. The number of aliphatic imine (C=N–C) groups is 1. The predicted molar refractivity (Wildman–Crippen MR) is 195 cm³/mol. The predicted octanol–water partition coefficient (Wildman–Crippen LogP) is 11.1. The molecule has 1 aliphatic heterocycles. The van der Waals surface area contributed by atoms with Gasteiger partial charge in [0.15, 0.2) is 5.82 Å². The van der Waals surface area contributed by atoms with Crippen molar-refractivity contribution in [3.05, 3.63) is 175 Å². The zero-order valence-electron chi connectivity index (χ0n) is 25.6. The van der Waals surface area contributed by atoms with E-state index in [2.05, 4.69) is 140 Å². The minimum Gasteiger partial charge on any atom is -0.252 e. The summed E-state index contributed by atoms with van der Waals surface area (Å²) in [7, 11) is 0. The quantitative estimate of drug-likeness (QED) is 0.197. The van der Waals surface area contributed by atoms with Crippen LogP contribution >= 0.6 is 0 Å². The highest BCUT2D eigenvalue weighted by Gasteiger charge is 2.19. The lowest BCUT2D eigenvalue weighted by Crippen LogP contribution is -1.99. The molecular weight excluding hydrogens is 571 g/mol. The number of para-hydroxylation sites is 1. The number of fused-ring (bicyclic) bond motifs is 3. The molecule has 0 radical (unpaired) electrons. The second-order valence-electron chi connectivity index (χ2n) is 12.0. The molecule has 3 heteroatoms. The molecule has 0 aliphatic carbocycles. The van der Waals surface area contributed by atoms with Crippen molar-refractivity contribution in [1.82, 2.24) is 9.97 Å². The molecule has 0 N–H and O–H groups in total. The Balaban J connectivity index is 1.16. The largest absolute Gasteiger partial charge is 0.252 e. The van der Waals surface area contributed by atoms with Gasteiger partial charge in [0.05, 0.1) is 22.6 Å². The van der Waals surface area contributed by atoms with Crippen LogP contribution < -0.4 is 0 Å². The third kappa shape index (κ3) is 4.90. The second kappa shape index (κ2) is 11.3. The summed E-state index contributed by atoms with van der Waals surface area (Å²) < 4.78 is 0. The Morgan fingerprint density at radius 1 is 0.447 bits per heavy atom. The summed E-state index contributed by atoms with van der Waals surface area (Å²) in [5.41, 5.74) is 13.3. The van der Waals surface area contributed by atoms with Gasteiger partial charge in [-0.3, -0.25) is 4.99 Å². The molecule has 0 saturated carbocycles. The molecule has 0 unspecified atom stereocenters. The first kappa shape index (κ1) is 27.1. The van der Waals surface area contributed by atoms with Gasteiger partial charge in [0.25, 0.3) is 0 Å². The van der Waals surface area contributed by atoms with Crippen LogP contribution in [0.1, 0.15) is 11.1 Å². The number of hydrogen-bond donors (Lipinski definition) is 0. The highest BCUT2D eigenvalue weighted by atomic mass is 14.9. The van der Waals surface area contributed by atoms with Gasteiger partial charge in [0, 0.05) is 22.9 Å². The maximum absolute atomic E-state index is 5.10. The van der Waals surface area contributed by atoms with Crippen LogP contribution in [-0.2, 0) is 6.42 Å². The van der Waals surface area contributed by atoms with Gasteiger partial charge in [-0.2, -0.15) is 0 Å². The van der Waals surface area contributed by atoms with Gasteiger partial charge in [-0.05, 0) is 56.3 Å². The van der Waals surface area contributed by atoms with Crippen LogP contribution in [0.2, 0.25) is 0 Å². The zero-order valence-corrected chi connectivity index (χ0v) is 25.6. The van der Waals surface area contributed by atoms with E-state index < -0.39 is 0 Å². The molecule has 7 aromatic carbocycles. The fourth-order valence-corrected chi connectivity index (χ4v) is 6.78. The van der Waals surface area contributed by atoms with Crippen molar-refractivity contribution in [1.29, 1.82) is 0 Å². The first-order valence-electron chi connectivity index (χ1n) is 16.0. The first-order valence-corrected chi connectivity index (χ1v) is 16.0. The van der Waals surface area contributed by atoms with Crippen LogP contribution in [-0.4, -0.2) is 15.7 Å². The monoisotopic (exact) mass is 599 g/mol. The van der Waals surface area contributed by atoms with Gasteiger partial charge >= 0.3 is 0 Å². The van der Waals surface area contributed by atoms with Crippen molar-refractivity contribution in [2.75, 3.05) is 0 Å². The van der Waals surface area contributed by atoms with Crippen LogP contribution in [0.5, 0.6) is 0 Å². The molecular formula is C44H29N3. The topological polar surface area (TPSA) is 38.1 Å². The molecule has 3 nitrogen and oxygen atoms in total. The Morgan fingerprint density at radius 3 is 1.91 bits per heavy atom. The third-order valence-electron chi connectivity index (χ3n) is 9.13. The van der Waals surface area contributed by atoms with E-state index in [9.17, 15) is 0 Å². The molecule has 0 fully saturated rings. The van der Waals surface area contributed by atoms with Crippen molar-refractivity contribution in [3.63, 3.8) is 0 Å². The van der Waals surface area contributed by atoms with Crippen molar-refractivity contribution < 1.29 is 0 Å². The van der Waals surface area contributed by atoms with Crippen molar-refractivity contribution in [3.8, 4) is 44.9 Å². The van der Waals surface area contributed by atoms with Crippen LogP contribution in [0.15, 0.2) is 169 Å². The molecule has 0 saturated heterocycles. The van der Waals surface area contributed by atoms with Crippen LogP contribution in [0, 0.1) is 0 Å². The second-order valence-corrected chi connectivity index (χ2v) is 12.0. The van der Waals surface area contributed by atoms with Gasteiger partial charge in [-0.25, -0.2) is 9.97 Å². The van der Waals surface area contributed by atoms with Crippen LogP contribution in [0.25, 0.3) is 66.6 Å². The van der Waals surface area contributed by atoms with Gasteiger partial charge < -0.3 is 0 Å². The van der Waals surface area contributed by atoms with Crippen molar-refractivity contribution >= 4 is 33.1 Å². The first-order chi connectivity index (χ1) is 23.3. The smallest absolute Gasteiger partial charge is 0.160 e. The summed E-state index contributed by atoms with van der Waals surface area (Å²) in [4.78, 5) is 15.1. The van der Waals surface area contributed by atoms with E-state index in [1.807, 2.05) is 24.3 Å². The Labute approximate surface area is 273 Å². The van der Waals surface area contributed by atoms with Crippen LogP contribution in [0.3, 0.4) is 0 Å². The Kier molecular flexibility index (Phi) is 6.53. The maximum atomic E-state index is 5.10. The minimum absolute atomic E-state index is 0.731. The summed E-state index contributed by atoms with van der Waals surface area (Å²) in [6, 6.07) is 57.7. The van der Waals surface area contributed by atoms with Crippen LogP contribution in [0.4, 0.5) is 5.69 Å². The fraction of sp³-hybridized carbons (Fsp3) is 0.0227. The number of nitrogens with zero attached hydrogens (tertiary/aromatic N) is 3. The highest BCUT2D eigenvalue weighted by molar-refractivity contribution is 6.08. The number of aromatic nitrogens is 2. The molecule has 2 heterocycles. The van der Waals surface area contributed by atoms with Gasteiger partial charge in [0.2, 0.25) is 0 Å². The molecule has 0 atom stereocenters. The molecule has 8 aromatic rings. The summed E-state index contributed by atoms with van der Waals surface area (Å²) in [6.07, 6.45) is 0.857. The molecule has 220 valence electrons. The fourth-order valence-electron chi connectivity index (χ4n) is 6.78. The Bertz CT molecular complexity index is 2460. The van der Waals surface area contributed by atoms with E-state index in [4.69, 9.17) is 15.0 Å². The summed E-state index contributed by atoms with van der Waals surface area (Å²) in [5, 5.41) is 3.49. The summed E-state index contributed by atoms with van der Waals surface area (Å²) >= 11 is 0. The third-order valence-corrected chi connectivity index (χ3v) is 9.13. The van der Waals surface area contributed by atoms with E-state index in [0.717, 1.165) is 56.9 Å². The lowest BCUT2D eigenvalue weighted by molar-refractivity contribution is 1.23. The molecule has 0 spiro atoms. The van der Waals surface area contributed by atoms with Crippen molar-refractivity contribution in [2.45, 2.75) is 6.42 Å². The molecule has 1 aromatic heterocycles. The summed E-state index contributed by atoms with van der Waals surface area (Å²) in [6.45, 7) is 0. The lowest BCUT2D eigenvalue weighted by atomic mass is 9.88. The van der Waals surface area contributed by atoms with Gasteiger partial charge in [-0.15, -0.1) is 0 Å². The Morgan fingerprint density at radius 2 is 1.11 bits per heavy atom. The minimum atomic E-state index is 0.731. The molecule has 0 bridgehead atoms. The van der Waals surface area contributed by atoms with E-state index in [-0.39, 0.29) is 0 Å². The summed E-state index contributed by atoms with van der Waals surface area (Å²) in [5.74, 6) is 0.731. The SMILES string of the molecule is c1ccc(C2=Nc3cc(-c4ccc5ccccc5c4-c4ccc(-c5nc(-c6ccccc6)nc6ccccc56)cc4)ccc3C2)cc1. The average Bonchev–Trinajstić information content (AvgIpc) is 3.59. The Hall–Kier alpha value is -6.19.